The summed E-state index contributed by atoms with van der Waals surface area (Å²) in [6, 6.07) is 10.6. The Morgan fingerprint density at radius 3 is 2.15 bits per heavy atom. The van der Waals surface area contributed by atoms with Gasteiger partial charge in [-0.15, -0.1) is 0 Å². The normalized spacial score (nSPS) is 11.9. The standard InChI is InChI=1S/C15H15NO4/c1-9(15(16)18)19-13-7-8-14(20-10(2)17)12-6-4-3-5-11(12)13/h3-9H,1-2H3,(H2,16,18). The summed E-state index contributed by atoms with van der Waals surface area (Å²) in [5, 5.41) is 1.48. The van der Waals surface area contributed by atoms with Crippen LogP contribution in [-0.4, -0.2) is 18.0 Å². The van der Waals surface area contributed by atoms with E-state index in [0.29, 0.717) is 11.5 Å². The molecule has 1 atom stereocenters. The summed E-state index contributed by atoms with van der Waals surface area (Å²) in [6.07, 6.45) is -0.738. The highest BCUT2D eigenvalue weighted by molar-refractivity contribution is 5.94. The quantitative estimate of drug-likeness (QED) is 0.682. The predicted octanol–water partition coefficient (Wildman–Crippen LogP) is 2.02. The van der Waals surface area contributed by atoms with Crippen LogP contribution in [0.5, 0.6) is 11.5 Å². The fourth-order valence-electron chi connectivity index (χ4n) is 1.84. The molecular formula is C15H15NO4. The molecule has 0 heterocycles. The largest absolute Gasteiger partial charge is 0.480 e. The number of carbonyl (C=O) groups excluding carboxylic acids is 2. The predicted molar refractivity (Wildman–Crippen MR) is 74.5 cm³/mol. The minimum absolute atomic E-state index is 0.394. The van der Waals surface area contributed by atoms with E-state index in [9.17, 15) is 9.59 Å². The molecule has 0 aliphatic heterocycles. The van der Waals surface area contributed by atoms with Gasteiger partial charge in [0.2, 0.25) is 0 Å². The number of hydrogen-bond donors (Lipinski definition) is 1. The number of amides is 1. The number of fused-ring (bicyclic) bond motifs is 1. The lowest BCUT2D eigenvalue weighted by molar-refractivity contribution is -0.131. The maximum absolute atomic E-state index is 11.1. The maximum atomic E-state index is 11.1. The summed E-state index contributed by atoms with van der Waals surface area (Å²) in [7, 11) is 0. The molecule has 0 spiro atoms. The van der Waals surface area contributed by atoms with Crippen molar-refractivity contribution in [3.05, 3.63) is 36.4 Å². The number of nitrogens with two attached hydrogens (primary N) is 1. The van der Waals surface area contributed by atoms with Crippen molar-refractivity contribution in [1.82, 2.24) is 0 Å². The van der Waals surface area contributed by atoms with Crippen LogP contribution in [0.2, 0.25) is 0 Å². The zero-order valence-electron chi connectivity index (χ0n) is 11.3. The number of hydrogen-bond acceptors (Lipinski definition) is 4. The van der Waals surface area contributed by atoms with E-state index in [2.05, 4.69) is 0 Å². The van der Waals surface area contributed by atoms with E-state index in [1.54, 1.807) is 19.1 Å². The van der Waals surface area contributed by atoms with Crippen LogP contribution in [0.15, 0.2) is 36.4 Å². The van der Waals surface area contributed by atoms with Crippen molar-refractivity contribution in [2.24, 2.45) is 5.73 Å². The molecule has 2 aromatic carbocycles. The van der Waals surface area contributed by atoms with Crippen LogP contribution < -0.4 is 15.2 Å². The topological polar surface area (TPSA) is 78.6 Å². The molecule has 5 heteroatoms. The molecule has 1 unspecified atom stereocenters. The average Bonchev–Trinajstić information content (AvgIpc) is 2.41. The van der Waals surface area contributed by atoms with Crippen LogP contribution in [0, 0.1) is 0 Å². The molecule has 20 heavy (non-hydrogen) atoms. The number of rotatable bonds is 4. The van der Waals surface area contributed by atoms with Gasteiger partial charge in [-0.2, -0.15) is 0 Å². The highest BCUT2D eigenvalue weighted by atomic mass is 16.5. The van der Waals surface area contributed by atoms with Gasteiger partial charge in [-0.25, -0.2) is 0 Å². The molecule has 0 saturated heterocycles. The minimum atomic E-state index is -0.738. The van der Waals surface area contributed by atoms with Gasteiger partial charge in [-0.05, 0) is 19.1 Å². The summed E-state index contributed by atoms with van der Waals surface area (Å²) < 4.78 is 10.7. The summed E-state index contributed by atoms with van der Waals surface area (Å²) in [6.45, 7) is 2.92. The average molecular weight is 273 g/mol. The Labute approximate surface area is 116 Å². The van der Waals surface area contributed by atoms with E-state index in [1.165, 1.54) is 6.92 Å². The monoisotopic (exact) mass is 273 g/mol. The van der Waals surface area contributed by atoms with Crippen LogP contribution in [0.25, 0.3) is 10.8 Å². The Bertz CT molecular complexity index is 666. The number of esters is 1. The zero-order chi connectivity index (χ0) is 14.7. The fourth-order valence-corrected chi connectivity index (χ4v) is 1.84. The molecule has 2 aromatic rings. The Balaban J connectivity index is 2.48. The Kier molecular flexibility index (Phi) is 3.89. The molecule has 104 valence electrons. The third-order valence-corrected chi connectivity index (χ3v) is 2.80. The van der Waals surface area contributed by atoms with Crippen molar-refractivity contribution < 1.29 is 19.1 Å². The van der Waals surface area contributed by atoms with Gasteiger partial charge in [-0.1, -0.05) is 24.3 Å². The van der Waals surface area contributed by atoms with E-state index in [4.69, 9.17) is 15.2 Å². The third kappa shape index (κ3) is 2.88. The first-order valence-electron chi connectivity index (χ1n) is 6.15. The van der Waals surface area contributed by atoms with Crippen molar-refractivity contribution in [1.29, 1.82) is 0 Å². The van der Waals surface area contributed by atoms with Gasteiger partial charge >= 0.3 is 5.97 Å². The lowest BCUT2D eigenvalue weighted by atomic mass is 10.1. The smallest absolute Gasteiger partial charge is 0.308 e. The number of primary amides is 1. The second-order valence-corrected chi connectivity index (χ2v) is 4.36. The van der Waals surface area contributed by atoms with Gasteiger partial charge in [0.1, 0.15) is 11.5 Å². The van der Waals surface area contributed by atoms with Gasteiger partial charge in [0.05, 0.1) is 0 Å². The Morgan fingerprint density at radius 1 is 1.05 bits per heavy atom. The van der Waals surface area contributed by atoms with Crippen LogP contribution in [0.3, 0.4) is 0 Å². The zero-order valence-corrected chi connectivity index (χ0v) is 11.3. The summed E-state index contributed by atoms with van der Waals surface area (Å²) in [4.78, 5) is 22.2. The van der Waals surface area contributed by atoms with Gasteiger partial charge in [0.25, 0.3) is 5.91 Å². The molecule has 1 amide bonds. The van der Waals surface area contributed by atoms with E-state index in [-0.39, 0.29) is 0 Å². The number of carbonyl (C=O) groups is 2. The first kappa shape index (κ1) is 13.9. The van der Waals surface area contributed by atoms with Crippen LogP contribution in [0.1, 0.15) is 13.8 Å². The number of benzene rings is 2. The van der Waals surface area contributed by atoms with E-state index >= 15 is 0 Å². The molecule has 2 rings (SSSR count). The molecule has 0 radical (unpaired) electrons. The van der Waals surface area contributed by atoms with E-state index in [0.717, 1.165) is 10.8 Å². The summed E-state index contributed by atoms with van der Waals surface area (Å²) in [5.41, 5.74) is 5.19. The lowest BCUT2D eigenvalue weighted by Gasteiger charge is -2.15. The Hall–Kier alpha value is -2.56. The highest BCUT2D eigenvalue weighted by Gasteiger charge is 2.14. The molecule has 0 bridgehead atoms. The van der Waals surface area contributed by atoms with Crippen LogP contribution >= 0.6 is 0 Å². The van der Waals surface area contributed by atoms with Gasteiger partial charge in [0, 0.05) is 17.7 Å². The van der Waals surface area contributed by atoms with E-state index in [1.807, 2.05) is 24.3 Å². The highest BCUT2D eigenvalue weighted by Crippen LogP contribution is 2.33. The van der Waals surface area contributed by atoms with Crippen molar-refractivity contribution in [3.8, 4) is 11.5 Å². The molecule has 0 aliphatic carbocycles. The summed E-state index contributed by atoms with van der Waals surface area (Å²) in [5.74, 6) is 0.0300. The molecule has 5 nitrogen and oxygen atoms in total. The fraction of sp³-hybridized carbons (Fsp3) is 0.200. The number of ether oxygens (including phenoxy) is 2. The maximum Gasteiger partial charge on any atom is 0.308 e. The van der Waals surface area contributed by atoms with Crippen molar-refractivity contribution in [2.75, 3.05) is 0 Å². The minimum Gasteiger partial charge on any atom is -0.480 e. The van der Waals surface area contributed by atoms with Gasteiger partial charge < -0.3 is 15.2 Å². The van der Waals surface area contributed by atoms with Crippen molar-refractivity contribution >= 4 is 22.6 Å². The molecular weight excluding hydrogens is 258 g/mol. The molecule has 0 aromatic heterocycles. The van der Waals surface area contributed by atoms with Gasteiger partial charge in [0.15, 0.2) is 6.10 Å². The SMILES string of the molecule is CC(=O)Oc1ccc(OC(C)C(N)=O)c2ccccc12. The summed E-state index contributed by atoms with van der Waals surface area (Å²) >= 11 is 0. The third-order valence-electron chi connectivity index (χ3n) is 2.80. The van der Waals surface area contributed by atoms with Crippen molar-refractivity contribution in [2.45, 2.75) is 20.0 Å². The molecule has 0 saturated carbocycles. The first-order valence-corrected chi connectivity index (χ1v) is 6.15. The molecule has 2 N–H and O–H groups in total. The first-order chi connectivity index (χ1) is 9.49. The van der Waals surface area contributed by atoms with Crippen LogP contribution in [0.4, 0.5) is 0 Å². The molecule has 0 aliphatic rings. The van der Waals surface area contributed by atoms with Crippen LogP contribution in [-0.2, 0) is 9.59 Å². The van der Waals surface area contributed by atoms with Gasteiger partial charge in [-0.3, -0.25) is 9.59 Å². The molecule has 0 fully saturated rings. The second kappa shape index (κ2) is 5.61. The lowest BCUT2D eigenvalue weighted by Crippen LogP contribution is -2.30. The van der Waals surface area contributed by atoms with E-state index < -0.39 is 18.0 Å². The Morgan fingerprint density at radius 2 is 1.60 bits per heavy atom. The van der Waals surface area contributed by atoms with Crippen molar-refractivity contribution in [3.63, 3.8) is 0 Å². The second-order valence-electron chi connectivity index (χ2n) is 4.36.